The molecule has 1 aliphatic rings. The third kappa shape index (κ3) is 1.25. The first-order valence-corrected chi connectivity index (χ1v) is 9.36. The van der Waals surface area contributed by atoms with Gasteiger partial charge in [-0.1, -0.05) is 0 Å². The number of hydrogen-bond acceptors (Lipinski definition) is 2. The number of rotatable bonds is 0. The van der Waals surface area contributed by atoms with Crippen LogP contribution >= 0.6 is 0 Å². The van der Waals surface area contributed by atoms with Gasteiger partial charge in [0.2, 0.25) is 0 Å². The fraction of sp³-hybridized carbons (Fsp3) is 0.800. The van der Waals surface area contributed by atoms with Gasteiger partial charge in [0, 0.05) is 0 Å². The second-order valence-electron chi connectivity index (χ2n) is 2.73. The molecule has 0 unspecified atom stereocenters. The Morgan fingerprint density at radius 1 is 1.62 bits per heavy atom. The minimum absolute atomic E-state index is 0.0231. The van der Waals surface area contributed by atoms with Crippen LogP contribution in [0, 0.1) is 0 Å². The molecule has 0 aromatic carbocycles. The van der Waals surface area contributed by atoms with Crippen LogP contribution in [-0.4, -0.2) is 19.6 Å². The minimum atomic E-state index is -1.90. The fourth-order valence-corrected chi connectivity index (χ4v) is 4.23. The molecule has 0 N–H and O–H groups in total. The predicted octanol–water partition coefficient (Wildman–Crippen LogP) is 1.14. The second kappa shape index (κ2) is 1.76. The molecule has 8 heavy (non-hydrogen) atoms. The van der Waals surface area contributed by atoms with Crippen molar-refractivity contribution in [3.05, 3.63) is 0 Å². The first kappa shape index (κ1) is 6.14. The van der Waals surface area contributed by atoms with E-state index in [-0.39, 0.29) is 5.97 Å². The molecule has 0 aliphatic carbocycles. The van der Waals surface area contributed by atoms with E-state index in [0.29, 0.717) is 6.42 Å². The average Bonchev–Trinajstić information content (AvgIpc) is 1.82. The standard InChI is InChI=1S/C5H10GeO2/c1-6(2)4-3-5(7)8-6/h3-4H2,1-2H3. The maximum atomic E-state index is 10.5. The van der Waals surface area contributed by atoms with Crippen LogP contribution < -0.4 is 0 Å². The topological polar surface area (TPSA) is 26.3 Å². The summed E-state index contributed by atoms with van der Waals surface area (Å²) in [6.45, 7) is 0. The molecular formula is C5H10GeO2. The Morgan fingerprint density at radius 2 is 2.25 bits per heavy atom. The van der Waals surface area contributed by atoms with Gasteiger partial charge in [-0.3, -0.25) is 0 Å². The summed E-state index contributed by atoms with van der Waals surface area (Å²) in [5.74, 6) is 4.26. The van der Waals surface area contributed by atoms with E-state index in [1.54, 1.807) is 0 Å². The van der Waals surface area contributed by atoms with Crippen molar-refractivity contribution in [1.29, 1.82) is 0 Å². The van der Waals surface area contributed by atoms with Gasteiger partial charge in [0.25, 0.3) is 0 Å². The molecular weight excluding hydrogens is 165 g/mol. The van der Waals surface area contributed by atoms with Gasteiger partial charge in [0.1, 0.15) is 0 Å². The summed E-state index contributed by atoms with van der Waals surface area (Å²) in [6, 6.07) is 0. The molecule has 1 rings (SSSR count). The Morgan fingerprint density at radius 3 is 2.38 bits per heavy atom. The van der Waals surface area contributed by atoms with Crippen molar-refractivity contribution in [2.75, 3.05) is 0 Å². The van der Waals surface area contributed by atoms with E-state index < -0.39 is 13.6 Å². The second-order valence-corrected chi connectivity index (χ2v) is 11.6. The molecule has 0 spiro atoms. The van der Waals surface area contributed by atoms with E-state index in [4.69, 9.17) is 3.76 Å². The van der Waals surface area contributed by atoms with Gasteiger partial charge >= 0.3 is 51.3 Å². The molecule has 1 heterocycles. The Balaban J connectivity index is 2.56. The average molecular weight is 175 g/mol. The summed E-state index contributed by atoms with van der Waals surface area (Å²) in [5, 5.41) is 1.05. The van der Waals surface area contributed by atoms with E-state index in [9.17, 15) is 4.79 Å². The normalized spacial score (nSPS) is 25.5. The van der Waals surface area contributed by atoms with Crippen molar-refractivity contribution < 1.29 is 8.56 Å². The van der Waals surface area contributed by atoms with Crippen molar-refractivity contribution in [3.8, 4) is 0 Å². The summed E-state index contributed by atoms with van der Waals surface area (Å²) in [7, 11) is 0. The number of hydrogen-bond donors (Lipinski definition) is 0. The molecule has 1 aliphatic heterocycles. The molecule has 2 nitrogen and oxygen atoms in total. The third-order valence-corrected chi connectivity index (χ3v) is 6.01. The van der Waals surface area contributed by atoms with Crippen LogP contribution in [0.1, 0.15) is 6.42 Å². The van der Waals surface area contributed by atoms with E-state index in [1.807, 2.05) is 0 Å². The van der Waals surface area contributed by atoms with Gasteiger partial charge in [-0.15, -0.1) is 0 Å². The van der Waals surface area contributed by atoms with Crippen molar-refractivity contribution in [2.24, 2.45) is 0 Å². The van der Waals surface area contributed by atoms with Crippen molar-refractivity contribution >= 4 is 19.6 Å². The van der Waals surface area contributed by atoms with E-state index in [1.165, 1.54) is 0 Å². The molecule has 0 aromatic rings. The van der Waals surface area contributed by atoms with Gasteiger partial charge < -0.3 is 0 Å². The van der Waals surface area contributed by atoms with E-state index in [2.05, 4.69) is 11.5 Å². The predicted molar refractivity (Wildman–Crippen MR) is 33.0 cm³/mol. The third-order valence-electron chi connectivity index (χ3n) is 1.32. The van der Waals surface area contributed by atoms with Crippen LogP contribution in [0.4, 0.5) is 0 Å². The molecule has 3 heteroatoms. The number of carbonyl (C=O) groups excluding carboxylic acids is 1. The van der Waals surface area contributed by atoms with Crippen LogP contribution in [0.5, 0.6) is 0 Å². The molecule has 1 fully saturated rings. The first-order valence-electron chi connectivity index (χ1n) is 2.82. The Labute approximate surface area is 51.9 Å². The molecule has 0 aromatic heterocycles. The van der Waals surface area contributed by atoms with E-state index in [0.717, 1.165) is 5.25 Å². The van der Waals surface area contributed by atoms with Gasteiger partial charge in [-0.05, 0) is 0 Å². The van der Waals surface area contributed by atoms with Crippen LogP contribution in [-0.2, 0) is 8.56 Å². The fourth-order valence-electron chi connectivity index (χ4n) is 0.813. The zero-order chi connectivity index (χ0) is 6.20. The summed E-state index contributed by atoms with van der Waals surface area (Å²) >= 11 is -1.90. The number of carbonyl (C=O) groups is 1. The SMILES string of the molecule is [CH3][Ge]1([CH3])[CH2]CC(=O)[O]1. The first-order chi connectivity index (χ1) is 3.60. The van der Waals surface area contributed by atoms with Crippen LogP contribution in [0.15, 0.2) is 0 Å². The van der Waals surface area contributed by atoms with Crippen LogP contribution in [0.3, 0.4) is 0 Å². The van der Waals surface area contributed by atoms with Crippen molar-refractivity contribution in [3.63, 3.8) is 0 Å². The molecule has 46 valence electrons. The molecule has 0 atom stereocenters. The molecule has 0 radical (unpaired) electrons. The summed E-state index contributed by atoms with van der Waals surface area (Å²) < 4.78 is 5.10. The van der Waals surface area contributed by atoms with E-state index >= 15 is 0 Å². The van der Waals surface area contributed by atoms with Crippen LogP contribution in [0.25, 0.3) is 0 Å². The van der Waals surface area contributed by atoms with Gasteiger partial charge in [-0.2, -0.15) is 0 Å². The monoisotopic (exact) mass is 176 g/mol. The Kier molecular flexibility index (Phi) is 1.35. The van der Waals surface area contributed by atoms with Gasteiger partial charge in [0.05, 0.1) is 0 Å². The Hall–Kier alpha value is 0.0129. The van der Waals surface area contributed by atoms with Gasteiger partial charge in [-0.25, -0.2) is 0 Å². The summed E-state index contributed by atoms with van der Waals surface area (Å²) in [4.78, 5) is 10.5. The molecule has 0 saturated carbocycles. The Bertz CT molecular complexity index is 120. The zero-order valence-corrected chi connectivity index (χ0v) is 7.33. The molecule has 1 saturated heterocycles. The zero-order valence-electron chi connectivity index (χ0n) is 5.23. The van der Waals surface area contributed by atoms with Crippen molar-refractivity contribution in [1.82, 2.24) is 0 Å². The van der Waals surface area contributed by atoms with Gasteiger partial charge in [0.15, 0.2) is 0 Å². The molecule has 0 amide bonds. The molecule has 0 bridgehead atoms. The summed E-state index contributed by atoms with van der Waals surface area (Å²) in [6.07, 6.45) is 0.674. The summed E-state index contributed by atoms with van der Waals surface area (Å²) in [5.41, 5.74) is 0. The van der Waals surface area contributed by atoms with Crippen molar-refractivity contribution in [2.45, 2.75) is 23.2 Å². The maximum absolute atomic E-state index is 10.5. The quantitative estimate of drug-likeness (QED) is 0.515. The van der Waals surface area contributed by atoms with Crippen LogP contribution in [0.2, 0.25) is 16.8 Å².